The van der Waals surface area contributed by atoms with Crippen LogP contribution in [0.25, 0.3) is 0 Å². The van der Waals surface area contributed by atoms with E-state index in [-0.39, 0.29) is 12.3 Å². The smallest absolute Gasteiger partial charge is 0.307 e. The standard InChI is InChI=1S/C12H16ClNO4S/c1-9(12(15)16)7-14(2)19(17,18)8-10-4-3-5-11(13)6-10/h3-6,9H,7-8H2,1-2H3,(H,15,16). The lowest BCUT2D eigenvalue weighted by Crippen LogP contribution is -2.34. The SMILES string of the molecule is CC(CN(C)S(=O)(=O)Cc1cccc(Cl)c1)C(=O)O. The first kappa shape index (κ1) is 15.9. The van der Waals surface area contributed by atoms with Crippen LogP contribution in [-0.4, -0.2) is 37.4 Å². The Balaban J connectivity index is 2.78. The predicted molar refractivity (Wildman–Crippen MR) is 73.5 cm³/mol. The first-order valence-corrected chi connectivity index (χ1v) is 7.62. The van der Waals surface area contributed by atoms with Crippen LogP contribution in [0.1, 0.15) is 12.5 Å². The summed E-state index contributed by atoms with van der Waals surface area (Å²) in [5.74, 6) is -1.97. The molecule has 0 aliphatic rings. The van der Waals surface area contributed by atoms with Crippen molar-refractivity contribution >= 4 is 27.6 Å². The van der Waals surface area contributed by atoms with Crippen LogP contribution in [0.15, 0.2) is 24.3 Å². The highest BCUT2D eigenvalue weighted by molar-refractivity contribution is 7.88. The van der Waals surface area contributed by atoms with Crippen molar-refractivity contribution in [1.82, 2.24) is 4.31 Å². The van der Waals surface area contributed by atoms with Gasteiger partial charge in [-0.15, -0.1) is 0 Å². The molecule has 1 N–H and O–H groups in total. The number of aliphatic carboxylic acids is 1. The lowest BCUT2D eigenvalue weighted by Gasteiger charge is -2.19. The van der Waals surface area contributed by atoms with Gasteiger partial charge in [-0.3, -0.25) is 4.79 Å². The van der Waals surface area contributed by atoms with Crippen molar-refractivity contribution < 1.29 is 18.3 Å². The van der Waals surface area contributed by atoms with Crippen LogP contribution in [0, 0.1) is 5.92 Å². The van der Waals surface area contributed by atoms with Crippen molar-refractivity contribution in [3.05, 3.63) is 34.9 Å². The third-order valence-corrected chi connectivity index (χ3v) is 4.70. The zero-order valence-corrected chi connectivity index (χ0v) is 12.3. The second-order valence-corrected chi connectivity index (χ2v) is 6.92. The highest BCUT2D eigenvalue weighted by Gasteiger charge is 2.23. The molecule has 0 heterocycles. The van der Waals surface area contributed by atoms with E-state index < -0.39 is 21.9 Å². The number of rotatable bonds is 6. The fourth-order valence-corrected chi connectivity index (χ4v) is 3.01. The summed E-state index contributed by atoms with van der Waals surface area (Å²) in [7, 11) is -2.17. The first-order valence-electron chi connectivity index (χ1n) is 5.63. The van der Waals surface area contributed by atoms with Crippen molar-refractivity contribution in [3.8, 4) is 0 Å². The maximum absolute atomic E-state index is 12.1. The van der Waals surface area contributed by atoms with Gasteiger partial charge in [0.1, 0.15) is 0 Å². The molecule has 106 valence electrons. The molecule has 0 fully saturated rings. The van der Waals surface area contributed by atoms with E-state index in [4.69, 9.17) is 16.7 Å². The van der Waals surface area contributed by atoms with Crippen LogP contribution in [0.3, 0.4) is 0 Å². The average Bonchev–Trinajstić information content (AvgIpc) is 2.27. The molecule has 1 aromatic carbocycles. The number of carboxylic acid groups (broad SMARTS) is 1. The minimum atomic E-state index is -3.55. The molecular weight excluding hydrogens is 290 g/mol. The summed E-state index contributed by atoms with van der Waals surface area (Å²) in [6.45, 7) is 1.41. The summed E-state index contributed by atoms with van der Waals surface area (Å²) in [5.41, 5.74) is 0.572. The van der Waals surface area contributed by atoms with Gasteiger partial charge in [0, 0.05) is 18.6 Å². The van der Waals surface area contributed by atoms with Crippen LogP contribution in [0.2, 0.25) is 5.02 Å². The van der Waals surface area contributed by atoms with Crippen LogP contribution < -0.4 is 0 Å². The molecule has 1 aromatic rings. The summed E-state index contributed by atoms with van der Waals surface area (Å²) in [4.78, 5) is 10.7. The fraction of sp³-hybridized carbons (Fsp3) is 0.417. The Hall–Kier alpha value is -1.11. The number of hydrogen-bond donors (Lipinski definition) is 1. The summed E-state index contributed by atoms with van der Waals surface area (Å²) in [6, 6.07) is 6.58. The van der Waals surface area contributed by atoms with Gasteiger partial charge < -0.3 is 5.11 Å². The molecule has 7 heteroatoms. The van der Waals surface area contributed by atoms with Crippen molar-refractivity contribution in [3.63, 3.8) is 0 Å². The topological polar surface area (TPSA) is 74.7 Å². The Morgan fingerprint density at radius 3 is 2.63 bits per heavy atom. The van der Waals surface area contributed by atoms with Crippen LogP contribution in [0.5, 0.6) is 0 Å². The molecular formula is C12H16ClNO4S. The maximum Gasteiger partial charge on any atom is 0.307 e. The molecule has 0 amide bonds. The van der Waals surface area contributed by atoms with E-state index in [0.29, 0.717) is 10.6 Å². The number of hydrogen-bond acceptors (Lipinski definition) is 3. The maximum atomic E-state index is 12.1. The minimum Gasteiger partial charge on any atom is -0.481 e. The summed E-state index contributed by atoms with van der Waals surface area (Å²) < 4.78 is 25.2. The van der Waals surface area contributed by atoms with E-state index in [0.717, 1.165) is 4.31 Å². The Kier molecular flexibility index (Phi) is 5.34. The van der Waals surface area contributed by atoms with Crippen molar-refractivity contribution in [2.24, 2.45) is 5.92 Å². The molecule has 0 aliphatic carbocycles. The second-order valence-electron chi connectivity index (χ2n) is 4.41. The monoisotopic (exact) mass is 305 g/mol. The molecule has 0 spiro atoms. The van der Waals surface area contributed by atoms with Gasteiger partial charge >= 0.3 is 5.97 Å². The Labute approximate surface area is 117 Å². The van der Waals surface area contributed by atoms with Crippen LogP contribution >= 0.6 is 11.6 Å². The third-order valence-electron chi connectivity index (χ3n) is 2.67. The van der Waals surface area contributed by atoms with E-state index in [9.17, 15) is 13.2 Å². The minimum absolute atomic E-state index is 0.0573. The Bertz CT molecular complexity index is 559. The molecule has 0 aromatic heterocycles. The lowest BCUT2D eigenvalue weighted by atomic mass is 10.2. The van der Waals surface area contributed by atoms with Crippen molar-refractivity contribution in [2.75, 3.05) is 13.6 Å². The molecule has 0 aliphatic heterocycles. The second kappa shape index (κ2) is 6.36. The van der Waals surface area contributed by atoms with Gasteiger partial charge in [-0.2, -0.15) is 0 Å². The zero-order valence-electron chi connectivity index (χ0n) is 10.7. The number of carbonyl (C=O) groups is 1. The van der Waals surface area contributed by atoms with Gasteiger partial charge in [0.05, 0.1) is 11.7 Å². The highest BCUT2D eigenvalue weighted by atomic mass is 35.5. The molecule has 0 saturated heterocycles. The van der Waals surface area contributed by atoms with Gasteiger partial charge in [0.25, 0.3) is 0 Å². The van der Waals surface area contributed by atoms with Gasteiger partial charge in [0.15, 0.2) is 0 Å². The van der Waals surface area contributed by atoms with Gasteiger partial charge in [-0.05, 0) is 17.7 Å². The number of nitrogens with zero attached hydrogens (tertiary/aromatic N) is 1. The largest absolute Gasteiger partial charge is 0.481 e. The molecule has 1 unspecified atom stereocenters. The summed E-state index contributed by atoms with van der Waals surface area (Å²) >= 11 is 5.79. The van der Waals surface area contributed by atoms with Crippen molar-refractivity contribution in [1.29, 1.82) is 0 Å². The van der Waals surface area contributed by atoms with Gasteiger partial charge in [-0.25, -0.2) is 12.7 Å². The van der Waals surface area contributed by atoms with E-state index in [1.165, 1.54) is 14.0 Å². The fourth-order valence-electron chi connectivity index (χ4n) is 1.52. The molecule has 19 heavy (non-hydrogen) atoms. The quantitative estimate of drug-likeness (QED) is 0.870. The average molecular weight is 306 g/mol. The van der Waals surface area contributed by atoms with Crippen LogP contribution in [0.4, 0.5) is 0 Å². The van der Waals surface area contributed by atoms with Crippen LogP contribution in [-0.2, 0) is 20.6 Å². The summed E-state index contributed by atoms with van der Waals surface area (Å²) in [6.07, 6.45) is 0. The van der Waals surface area contributed by atoms with Gasteiger partial charge in [0.2, 0.25) is 10.0 Å². The molecule has 0 bridgehead atoms. The predicted octanol–water partition coefficient (Wildman–Crippen LogP) is 1.82. The number of halogens is 1. The Morgan fingerprint density at radius 2 is 2.11 bits per heavy atom. The van der Waals surface area contributed by atoms with Gasteiger partial charge in [-0.1, -0.05) is 30.7 Å². The molecule has 5 nitrogen and oxygen atoms in total. The molecule has 1 rings (SSSR count). The number of sulfonamides is 1. The molecule has 0 saturated carbocycles. The zero-order chi connectivity index (χ0) is 14.6. The third kappa shape index (κ3) is 4.81. The number of benzene rings is 1. The van der Waals surface area contributed by atoms with E-state index in [2.05, 4.69) is 0 Å². The summed E-state index contributed by atoms with van der Waals surface area (Å²) in [5, 5.41) is 9.25. The van der Waals surface area contributed by atoms with E-state index in [1.807, 2.05) is 0 Å². The van der Waals surface area contributed by atoms with E-state index >= 15 is 0 Å². The molecule has 1 atom stereocenters. The first-order chi connectivity index (χ1) is 8.72. The van der Waals surface area contributed by atoms with E-state index in [1.54, 1.807) is 24.3 Å². The van der Waals surface area contributed by atoms with Crippen molar-refractivity contribution in [2.45, 2.75) is 12.7 Å². The Morgan fingerprint density at radius 1 is 1.47 bits per heavy atom. The normalized spacial score (nSPS) is 13.5. The number of carboxylic acids is 1. The lowest BCUT2D eigenvalue weighted by molar-refractivity contribution is -0.141. The highest BCUT2D eigenvalue weighted by Crippen LogP contribution is 2.15. The molecule has 0 radical (unpaired) electrons.